The molecule has 0 saturated heterocycles. The maximum absolute atomic E-state index is 12.9. The lowest BCUT2D eigenvalue weighted by Crippen LogP contribution is -2.32. The van der Waals surface area contributed by atoms with Crippen LogP contribution in [0.25, 0.3) is 0 Å². The molecule has 0 aromatic carbocycles. The lowest BCUT2D eigenvalue weighted by Gasteiger charge is -2.14. The highest BCUT2D eigenvalue weighted by molar-refractivity contribution is 7.80. The second-order valence-corrected chi connectivity index (χ2v) is 5.61. The topological polar surface area (TPSA) is 49.8 Å². The van der Waals surface area contributed by atoms with Gasteiger partial charge in [-0.15, -0.1) is 0 Å². The zero-order valence-electron chi connectivity index (χ0n) is 11.8. The molecule has 2 unspecified atom stereocenters. The lowest BCUT2D eigenvalue weighted by atomic mass is 10.2. The average Bonchev–Trinajstić information content (AvgIpc) is 3.26. The van der Waals surface area contributed by atoms with Crippen LogP contribution >= 0.6 is 12.2 Å². The van der Waals surface area contributed by atoms with Gasteiger partial charge in [0.25, 0.3) is 0 Å². The third kappa shape index (κ3) is 3.76. The fourth-order valence-corrected chi connectivity index (χ4v) is 2.57. The molecule has 1 saturated carbocycles. The predicted octanol–water partition coefficient (Wildman–Crippen LogP) is 3.34. The molecular weight excluding hydrogens is 325 g/mol. The Labute approximate surface area is 136 Å². The molecular formula is C15H13F3N4S. The average molecular weight is 338 g/mol. The maximum atomic E-state index is 12.9. The van der Waals surface area contributed by atoms with E-state index in [0.29, 0.717) is 0 Å². The number of pyridine rings is 2. The highest BCUT2D eigenvalue weighted by Gasteiger charge is 2.40. The number of thiocarbonyl (C=S) groups is 1. The first-order valence-corrected chi connectivity index (χ1v) is 7.36. The van der Waals surface area contributed by atoms with Crippen molar-refractivity contribution in [1.29, 1.82) is 0 Å². The van der Waals surface area contributed by atoms with Crippen LogP contribution in [0.3, 0.4) is 0 Å². The van der Waals surface area contributed by atoms with Crippen LogP contribution in [0.5, 0.6) is 0 Å². The van der Waals surface area contributed by atoms with Crippen LogP contribution in [0.4, 0.5) is 19.0 Å². The van der Waals surface area contributed by atoms with E-state index in [9.17, 15) is 13.2 Å². The smallest absolute Gasteiger partial charge is 0.359 e. The first-order valence-electron chi connectivity index (χ1n) is 6.96. The van der Waals surface area contributed by atoms with Crippen LogP contribution in [0, 0.1) is 0 Å². The van der Waals surface area contributed by atoms with Crippen molar-refractivity contribution in [3.05, 3.63) is 54.0 Å². The van der Waals surface area contributed by atoms with Gasteiger partial charge in [0.05, 0.1) is 5.56 Å². The molecule has 4 nitrogen and oxygen atoms in total. The summed E-state index contributed by atoms with van der Waals surface area (Å²) in [5.74, 6) is -0.0747. The van der Waals surface area contributed by atoms with Gasteiger partial charge in [0.15, 0.2) is 5.11 Å². The summed E-state index contributed by atoms with van der Waals surface area (Å²) in [6.07, 6.45) is -0.645. The molecule has 0 radical (unpaired) electrons. The first-order chi connectivity index (χ1) is 10.9. The third-order valence-electron chi connectivity index (χ3n) is 3.52. The van der Waals surface area contributed by atoms with E-state index in [1.54, 1.807) is 6.20 Å². The summed E-state index contributed by atoms with van der Waals surface area (Å²) in [6, 6.07) is 7.93. The summed E-state index contributed by atoms with van der Waals surface area (Å²) >= 11 is 5.09. The molecule has 3 rings (SSSR count). The van der Waals surface area contributed by atoms with E-state index >= 15 is 0 Å². The standard InChI is InChI=1S/C15H13F3N4S/c16-15(17,18)10-4-3-7-20-13(10)22-14(23)21-12-8-9(12)11-5-1-2-6-19-11/h1-7,9,12H,8H2,(H2,20,21,22,23). The molecule has 1 aliphatic carbocycles. The minimum atomic E-state index is -4.48. The van der Waals surface area contributed by atoms with Crippen molar-refractivity contribution in [3.8, 4) is 0 Å². The molecule has 2 atom stereocenters. The number of anilines is 1. The van der Waals surface area contributed by atoms with E-state index in [1.807, 2.05) is 18.2 Å². The predicted molar refractivity (Wildman–Crippen MR) is 84.0 cm³/mol. The molecule has 0 amide bonds. The third-order valence-corrected chi connectivity index (χ3v) is 3.74. The number of halogens is 3. The second-order valence-electron chi connectivity index (χ2n) is 5.20. The van der Waals surface area contributed by atoms with Gasteiger partial charge in [-0.3, -0.25) is 4.98 Å². The molecule has 8 heteroatoms. The second kappa shape index (κ2) is 6.11. The van der Waals surface area contributed by atoms with Gasteiger partial charge in [0.2, 0.25) is 0 Å². The normalized spacial score (nSPS) is 20.0. The molecule has 2 N–H and O–H groups in total. The van der Waals surface area contributed by atoms with Gasteiger partial charge in [-0.2, -0.15) is 13.2 Å². The van der Waals surface area contributed by atoms with Crippen molar-refractivity contribution in [2.45, 2.75) is 24.6 Å². The van der Waals surface area contributed by atoms with Crippen molar-refractivity contribution in [2.24, 2.45) is 0 Å². The molecule has 1 fully saturated rings. The van der Waals surface area contributed by atoms with Gasteiger partial charge in [-0.25, -0.2) is 4.98 Å². The highest BCUT2D eigenvalue weighted by atomic mass is 32.1. The fraction of sp³-hybridized carbons (Fsp3) is 0.267. The Kier molecular flexibility index (Phi) is 4.16. The Morgan fingerprint density at radius 3 is 2.61 bits per heavy atom. The maximum Gasteiger partial charge on any atom is 0.419 e. The Bertz CT molecular complexity index is 705. The minimum Gasteiger partial charge on any atom is -0.359 e. The molecule has 2 aromatic rings. The summed E-state index contributed by atoms with van der Waals surface area (Å²) in [6.45, 7) is 0. The van der Waals surface area contributed by atoms with Crippen LogP contribution in [-0.2, 0) is 6.18 Å². The zero-order valence-corrected chi connectivity index (χ0v) is 12.7. The van der Waals surface area contributed by atoms with Crippen LogP contribution in [0.2, 0.25) is 0 Å². The first kappa shape index (κ1) is 15.7. The van der Waals surface area contributed by atoms with Crippen LogP contribution in [0.1, 0.15) is 23.6 Å². The zero-order chi connectivity index (χ0) is 16.4. The highest BCUT2D eigenvalue weighted by Crippen LogP contribution is 2.39. The summed E-state index contributed by atoms with van der Waals surface area (Å²) in [7, 11) is 0. The number of rotatable bonds is 3. The van der Waals surface area contributed by atoms with Gasteiger partial charge in [0.1, 0.15) is 5.82 Å². The molecule has 0 aliphatic heterocycles. The number of nitrogens with zero attached hydrogens (tertiary/aromatic N) is 2. The lowest BCUT2D eigenvalue weighted by molar-refractivity contribution is -0.137. The van der Waals surface area contributed by atoms with E-state index in [-0.39, 0.29) is 22.9 Å². The summed E-state index contributed by atoms with van der Waals surface area (Å²) in [4.78, 5) is 7.98. The molecule has 1 aliphatic rings. The van der Waals surface area contributed by atoms with E-state index in [1.165, 1.54) is 12.3 Å². The summed E-state index contributed by atoms with van der Waals surface area (Å²) < 4.78 is 38.7. The number of alkyl halides is 3. The number of hydrogen-bond donors (Lipinski definition) is 2. The Morgan fingerprint density at radius 1 is 1.13 bits per heavy atom. The largest absolute Gasteiger partial charge is 0.419 e. The number of nitrogens with one attached hydrogen (secondary N) is 2. The van der Waals surface area contributed by atoms with Crippen LogP contribution < -0.4 is 10.6 Å². The molecule has 120 valence electrons. The fourth-order valence-electron chi connectivity index (χ4n) is 2.32. The SMILES string of the molecule is FC(F)(F)c1cccnc1NC(=S)NC1CC1c1ccccn1. The molecule has 0 spiro atoms. The van der Waals surface area contributed by atoms with Crippen molar-refractivity contribution in [1.82, 2.24) is 15.3 Å². The molecule has 2 heterocycles. The number of hydrogen-bond acceptors (Lipinski definition) is 3. The van der Waals surface area contributed by atoms with Gasteiger partial charge < -0.3 is 10.6 Å². The Balaban J connectivity index is 1.61. The number of aromatic nitrogens is 2. The summed E-state index contributed by atoms with van der Waals surface area (Å²) in [5, 5.41) is 5.65. The minimum absolute atomic E-state index is 0.0722. The quantitative estimate of drug-likeness (QED) is 0.841. The Hall–Kier alpha value is -2.22. The monoisotopic (exact) mass is 338 g/mol. The van der Waals surface area contributed by atoms with Gasteiger partial charge in [-0.05, 0) is 42.9 Å². The molecule has 0 bridgehead atoms. The van der Waals surface area contributed by atoms with E-state index in [0.717, 1.165) is 18.2 Å². The van der Waals surface area contributed by atoms with Crippen LogP contribution in [-0.4, -0.2) is 21.1 Å². The van der Waals surface area contributed by atoms with Crippen LogP contribution in [0.15, 0.2) is 42.7 Å². The van der Waals surface area contributed by atoms with E-state index in [4.69, 9.17) is 12.2 Å². The van der Waals surface area contributed by atoms with Crippen molar-refractivity contribution < 1.29 is 13.2 Å². The van der Waals surface area contributed by atoms with Crippen molar-refractivity contribution in [3.63, 3.8) is 0 Å². The molecule has 23 heavy (non-hydrogen) atoms. The van der Waals surface area contributed by atoms with Gasteiger partial charge in [-0.1, -0.05) is 6.07 Å². The Morgan fingerprint density at radius 2 is 1.91 bits per heavy atom. The van der Waals surface area contributed by atoms with Gasteiger partial charge in [0, 0.05) is 30.0 Å². The van der Waals surface area contributed by atoms with Gasteiger partial charge >= 0.3 is 6.18 Å². The van der Waals surface area contributed by atoms with Crippen molar-refractivity contribution >= 4 is 23.1 Å². The van der Waals surface area contributed by atoms with E-state index in [2.05, 4.69) is 20.6 Å². The van der Waals surface area contributed by atoms with Crippen molar-refractivity contribution in [2.75, 3.05) is 5.32 Å². The summed E-state index contributed by atoms with van der Waals surface area (Å²) in [5.41, 5.74) is 0.0999. The molecule has 2 aromatic heterocycles. The van der Waals surface area contributed by atoms with E-state index < -0.39 is 11.7 Å².